The summed E-state index contributed by atoms with van der Waals surface area (Å²) in [7, 11) is -4.15. The minimum atomic E-state index is -4.15. The third-order valence-electron chi connectivity index (χ3n) is 8.91. The number of aryl methyl sites for hydroxylation is 1. The number of hydrogen-bond acceptors (Lipinski definition) is 8. The number of hydrogen-bond donors (Lipinski definition) is 0. The molecule has 0 aliphatic carbocycles. The minimum absolute atomic E-state index is 0.0324. The highest BCUT2D eigenvalue weighted by atomic mass is 35.5. The number of aromatic nitrogens is 4. The predicted molar refractivity (Wildman–Crippen MR) is 184 cm³/mol. The summed E-state index contributed by atoms with van der Waals surface area (Å²) in [6.07, 6.45) is 9.79. The molecule has 5 heterocycles. The van der Waals surface area contributed by atoms with Crippen molar-refractivity contribution in [2.45, 2.75) is 37.3 Å². The molecule has 48 heavy (non-hydrogen) atoms. The number of rotatable bonds is 8. The van der Waals surface area contributed by atoms with Crippen molar-refractivity contribution in [1.29, 1.82) is 0 Å². The van der Waals surface area contributed by atoms with Crippen molar-refractivity contribution in [2.75, 3.05) is 37.6 Å². The number of imidazole rings is 1. The maximum absolute atomic E-state index is 14.1. The largest absolute Gasteiger partial charge is 0.487 e. The van der Waals surface area contributed by atoms with Crippen LogP contribution in [0.25, 0.3) is 16.6 Å². The lowest BCUT2D eigenvalue weighted by Gasteiger charge is -2.38. The second-order valence-electron chi connectivity index (χ2n) is 11.8. The van der Waals surface area contributed by atoms with Crippen LogP contribution in [0.15, 0.2) is 84.5 Å². The van der Waals surface area contributed by atoms with E-state index in [1.54, 1.807) is 35.9 Å². The number of pyridine rings is 2. The smallest absolute Gasteiger partial charge is 0.245 e. The summed E-state index contributed by atoms with van der Waals surface area (Å²) in [6.45, 7) is 4.33. The zero-order valence-electron chi connectivity index (χ0n) is 26.2. The van der Waals surface area contributed by atoms with E-state index in [-0.39, 0.29) is 34.0 Å². The molecule has 2 aliphatic heterocycles. The summed E-state index contributed by atoms with van der Waals surface area (Å²) in [6, 6.07) is 13.6. The molecule has 2 aromatic carbocycles. The number of para-hydroxylation sites is 1. The molecule has 2 aliphatic rings. The Morgan fingerprint density at radius 2 is 1.77 bits per heavy atom. The summed E-state index contributed by atoms with van der Waals surface area (Å²) in [5.41, 5.74) is 3.70. The fourth-order valence-electron chi connectivity index (χ4n) is 6.47. The molecular weight excluding hydrogens is 673 g/mol. The first-order valence-corrected chi connectivity index (χ1v) is 17.9. The maximum Gasteiger partial charge on any atom is 0.245 e. The number of ether oxygens (including phenoxy) is 1. The Bertz CT molecular complexity index is 2070. The van der Waals surface area contributed by atoms with Gasteiger partial charge in [0, 0.05) is 84.9 Å². The van der Waals surface area contributed by atoms with E-state index in [1.165, 1.54) is 16.4 Å². The molecule has 0 spiro atoms. The van der Waals surface area contributed by atoms with Crippen LogP contribution >= 0.6 is 23.2 Å². The topological polar surface area (TPSA) is 114 Å². The molecule has 5 aromatic rings. The van der Waals surface area contributed by atoms with Crippen molar-refractivity contribution < 1.29 is 17.9 Å². The van der Waals surface area contributed by atoms with Gasteiger partial charge in [-0.3, -0.25) is 9.78 Å². The number of amides is 1. The van der Waals surface area contributed by atoms with Gasteiger partial charge in [0.1, 0.15) is 28.8 Å². The number of nitrogens with zero attached hydrogens (tertiary/aromatic N) is 7. The van der Waals surface area contributed by atoms with Crippen molar-refractivity contribution in [2.24, 2.45) is 0 Å². The van der Waals surface area contributed by atoms with Crippen molar-refractivity contribution >= 4 is 55.7 Å². The second-order valence-corrected chi connectivity index (χ2v) is 14.5. The molecule has 2 saturated heterocycles. The summed E-state index contributed by atoms with van der Waals surface area (Å²) in [5, 5.41) is 1.09. The number of halogens is 2. The molecule has 0 bridgehead atoms. The Hall–Kier alpha value is -4.23. The van der Waals surface area contributed by atoms with E-state index in [1.807, 2.05) is 48.0 Å². The van der Waals surface area contributed by atoms with Gasteiger partial charge in [0.2, 0.25) is 15.9 Å². The van der Waals surface area contributed by atoms with E-state index in [2.05, 4.69) is 14.9 Å². The van der Waals surface area contributed by atoms with E-state index in [0.717, 1.165) is 22.5 Å². The van der Waals surface area contributed by atoms with Crippen molar-refractivity contribution in [3.63, 3.8) is 0 Å². The number of benzene rings is 2. The Morgan fingerprint density at radius 1 is 0.979 bits per heavy atom. The first-order valence-electron chi connectivity index (χ1n) is 15.7. The molecule has 1 amide bonds. The molecule has 248 valence electrons. The summed E-state index contributed by atoms with van der Waals surface area (Å²) in [5.74, 6) is 0.306. The molecule has 0 saturated carbocycles. The fraction of sp³-hybridized carbons (Fsp3) is 0.294. The number of fused-ring (bicyclic) bond motifs is 1. The molecule has 7 rings (SSSR count). The zero-order valence-corrected chi connectivity index (χ0v) is 28.5. The molecule has 1 unspecified atom stereocenters. The summed E-state index contributed by atoms with van der Waals surface area (Å²) >= 11 is 13.4. The van der Waals surface area contributed by atoms with Crippen LogP contribution < -0.4 is 9.64 Å². The van der Waals surface area contributed by atoms with Gasteiger partial charge in [0.05, 0.1) is 17.0 Å². The second kappa shape index (κ2) is 13.3. The number of piperazine rings is 1. The summed E-state index contributed by atoms with van der Waals surface area (Å²) in [4.78, 5) is 30.5. The van der Waals surface area contributed by atoms with Gasteiger partial charge >= 0.3 is 0 Å². The Morgan fingerprint density at radius 3 is 2.52 bits per heavy atom. The van der Waals surface area contributed by atoms with Gasteiger partial charge < -0.3 is 19.1 Å². The number of carbonyl (C=O) groups excluding carboxylic acids is 1. The quantitative estimate of drug-likeness (QED) is 0.208. The van der Waals surface area contributed by atoms with E-state index in [4.69, 9.17) is 32.9 Å². The third-order valence-corrected chi connectivity index (χ3v) is 11.8. The highest BCUT2D eigenvalue weighted by Gasteiger charge is 2.42. The monoisotopic (exact) mass is 705 g/mol. The van der Waals surface area contributed by atoms with E-state index in [9.17, 15) is 13.2 Å². The first-order chi connectivity index (χ1) is 23.2. The first kappa shape index (κ1) is 32.3. The van der Waals surface area contributed by atoms with Crippen LogP contribution in [0.5, 0.6) is 5.75 Å². The van der Waals surface area contributed by atoms with Gasteiger partial charge in [-0.2, -0.15) is 4.31 Å². The SMILES string of the molecule is Cc1cc(-n2ccnc2)c2cccc(OCc3c(Cl)ccc(S(=O)(=O)N4CCCC4C(=O)N4CCN(c5ccncc5)CC4)c3Cl)c2n1. The maximum atomic E-state index is 14.1. The van der Waals surface area contributed by atoms with E-state index >= 15 is 0 Å². The standard InChI is InChI=1S/C34H33Cl2N7O4S/c1-23-20-29(42-15-13-38-22-42)25-4-2-6-30(33(25)39-23)47-21-26-27(35)7-8-31(32(26)36)48(45,46)43-14-3-5-28(43)34(44)41-18-16-40(17-19-41)24-9-11-37-12-10-24/h2,4,6-13,15,20,22,28H,3,5,14,16-19,21H2,1H3. The van der Waals surface area contributed by atoms with Crippen LogP contribution in [0.4, 0.5) is 5.69 Å². The van der Waals surface area contributed by atoms with Gasteiger partial charge in [-0.1, -0.05) is 35.3 Å². The lowest BCUT2D eigenvalue weighted by molar-refractivity contribution is -0.134. The summed E-state index contributed by atoms with van der Waals surface area (Å²) < 4.78 is 37.7. The van der Waals surface area contributed by atoms with E-state index in [0.29, 0.717) is 55.9 Å². The average molecular weight is 707 g/mol. The Balaban J connectivity index is 1.11. The molecule has 11 nitrogen and oxygen atoms in total. The van der Waals surface area contributed by atoms with Crippen molar-refractivity contribution in [3.05, 3.63) is 101 Å². The highest BCUT2D eigenvalue weighted by molar-refractivity contribution is 7.89. The Labute approximate surface area is 288 Å². The average Bonchev–Trinajstić information content (AvgIpc) is 3.82. The lowest BCUT2D eigenvalue weighted by atomic mass is 10.1. The number of sulfonamides is 1. The normalized spacial score (nSPS) is 17.3. The van der Waals surface area contributed by atoms with Gasteiger partial charge in [-0.15, -0.1) is 0 Å². The lowest BCUT2D eigenvalue weighted by Crippen LogP contribution is -2.54. The highest BCUT2D eigenvalue weighted by Crippen LogP contribution is 2.37. The predicted octanol–water partition coefficient (Wildman–Crippen LogP) is 5.51. The van der Waals surface area contributed by atoms with Crippen LogP contribution in [0.1, 0.15) is 24.1 Å². The van der Waals surface area contributed by atoms with E-state index < -0.39 is 16.1 Å². The third kappa shape index (κ3) is 6.09. The molecular formula is C34H33Cl2N7O4S. The fourth-order valence-corrected chi connectivity index (χ4v) is 8.98. The van der Waals surface area contributed by atoms with Gasteiger partial charge in [-0.05, 0) is 56.2 Å². The van der Waals surface area contributed by atoms with Crippen LogP contribution in [0, 0.1) is 6.92 Å². The number of anilines is 1. The van der Waals surface area contributed by atoms with Crippen molar-refractivity contribution in [1.82, 2.24) is 28.7 Å². The van der Waals surface area contributed by atoms with Gasteiger partial charge in [-0.25, -0.2) is 18.4 Å². The zero-order chi connectivity index (χ0) is 33.4. The molecule has 0 N–H and O–H groups in total. The molecule has 2 fully saturated rings. The van der Waals surface area contributed by atoms with Crippen LogP contribution in [0.2, 0.25) is 10.0 Å². The molecule has 14 heteroatoms. The minimum Gasteiger partial charge on any atom is -0.487 e. The van der Waals surface area contributed by atoms with Gasteiger partial charge in [0.25, 0.3) is 0 Å². The van der Waals surface area contributed by atoms with Gasteiger partial charge in [0.15, 0.2) is 0 Å². The van der Waals surface area contributed by atoms with Crippen LogP contribution in [-0.4, -0.2) is 81.8 Å². The Kier molecular flexibility index (Phi) is 8.99. The van der Waals surface area contributed by atoms with Crippen molar-refractivity contribution in [3.8, 4) is 11.4 Å². The van der Waals surface area contributed by atoms with Crippen LogP contribution in [-0.2, 0) is 21.4 Å². The molecule has 1 atom stereocenters. The number of carbonyl (C=O) groups is 1. The van der Waals surface area contributed by atoms with Crippen LogP contribution in [0.3, 0.4) is 0 Å². The molecule has 3 aromatic heterocycles. The molecule has 0 radical (unpaired) electrons.